The van der Waals surface area contributed by atoms with Gasteiger partial charge in [-0.1, -0.05) is 24.3 Å². The predicted octanol–water partition coefficient (Wildman–Crippen LogP) is 2.18. The van der Waals surface area contributed by atoms with Crippen molar-refractivity contribution < 1.29 is 19.6 Å². The molecule has 2 aromatic rings. The molecular formula is C19H17N2O5-. The largest absolute Gasteiger partial charge is 0.545 e. The SMILES string of the molecule is O=C([O-])c1ccccc1C(=O)c1ccc(N2CCCCC2)c([N+](=O)[O-])c1. The highest BCUT2D eigenvalue weighted by Crippen LogP contribution is 2.32. The Morgan fingerprint density at radius 1 is 0.962 bits per heavy atom. The lowest BCUT2D eigenvalue weighted by atomic mass is 9.97. The summed E-state index contributed by atoms with van der Waals surface area (Å²) < 4.78 is 0. The van der Waals surface area contributed by atoms with E-state index < -0.39 is 16.7 Å². The predicted molar refractivity (Wildman–Crippen MR) is 93.4 cm³/mol. The quantitative estimate of drug-likeness (QED) is 0.464. The lowest BCUT2D eigenvalue weighted by Gasteiger charge is -2.28. The number of ketones is 1. The summed E-state index contributed by atoms with van der Waals surface area (Å²) >= 11 is 0. The number of nitrogens with zero attached hydrogens (tertiary/aromatic N) is 2. The van der Waals surface area contributed by atoms with Gasteiger partial charge in [0.15, 0.2) is 5.78 Å². The van der Waals surface area contributed by atoms with Gasteiger partial charge in [0.1, 0.15) is 5.69 Å². The number of carbonyl (C=O) groups is 2. The highest BCUT2D eigenvalue weighted by Gasteiger charge is 2.24. The number of nitro benzene ring substituents is 1. The number of hydrogen-bond donors (Lipinski definition) is 0. The Bertz CT molecular complexity index is 872. The number of nitro groups is 1. The van der Waals surface area contributed by atoms with Crippen molar-refractivity contribution in [3.05, 3.63) is 69.3 Å². The number of anilines is 1. The van der Waals surface area contributed by atoms with E-state index in [1.54, 1.807) is 6.07 Å². The molecule has 0 saturated carbocycles. The van der Waals surface area contributed by atoms with Crippen LogP contribution in [-0.4, -0.2) is 29.8 Å². The molecule has 0 atom stereocenters. The number of carbonyl (C=O) groups excluding carboxylic acids is 2. The number of hydrogen-bond acceptors (Lipinski definition) is 6. The number of rotatable bonds is 5. The van der Waals surface area contributed by atoms with E-state index in [9.17, 15) is 24.8 Å². The van der Waals surface area contributed by atoms with E-state index in [2.05, 4.69) is 0 Å². The molecule has 3 rings (SSSR count). The Balaban J connectivity index is 2.01. The standard InChI is InChI=1S/C19H18N2O5/c22-18(14-6-2-3-7-15(14)19(23)24)13-8-9-16(17(12-13)21(25)26)20-10-4-1-5-11-20/h2-3,6-9,12H,1,4-5,10-11H2,(H,23,24)/p-1. The normalized spacial score (nSPS) is 14.1. The molecule has 0 N–H and O–H groups in total. The van der Waals surface area contributed by atoms with Crippen LogP contribution in [0.1, 0.15) is 45.5 Å². The van der Waals surface area contributed by atoms with Crippen LogP contribution in [0.25, 0.3) is 0 Å². The second-order valence-corrected chi connectivity index (χ2v) is 6.17. The third-order valence-corrected chi connectivity index (χ3v) is 4.52. The zero-order chi connectivity index (χ0) is 18.7. The second-order valence-electron chi connectivity index (χ2n) is 6.17. The van der Waals surface area contributed by atoms with Gasteiger partial charge in [0, 0.05) is 35.8 Å². The molecule has 0 aliphatic carbocycles. The van der Waals surface area contributed by atoms with E-state index in [-0.39, 0.29) is 22.4 Å². The lowest BCUT2D eigenvalue weighted by molar-refractivity contribution is -0.384. The van der Waals surface area contributed by atoms with E-state index in [0.717, 1.165) is 32.4 Å². The summed E-state index contributed by atoms with van der Waals surface area (Å²) in [5.41, 5.74) is 0.127. The van der Waals surface area contributed by atoms with Crippen molar-refractivity contribution in [1.29, 1.82) is 0 Å². The van der Waals surface area contributed by atoms with E-state index in [1.165, 1.54) is 36.4 Å². The van der Waals surface area contributed by atoms with Crippen LogP contribution < -0.4 is 10.0 Å². The molecule has 2 aromatic carbocycles. The van der Waals surface area contributed by atoms with E-state index in [4.69, 9.17) is 0 Å². The van der Waals surface area contributed by atoms with Crippen molar-refractivity contribution in [2.75, 3.05) is 18.0 Å². The number of carboxylic acids is 1. The second kappa shape index (κ2) is 7.35. The van der Waals surface area contributed by atoms with Gasteiger partial charge in [-0.2, -0.15) is 0 Å². The smallest absolute Gasteiger partial charge is 0.293 e. The van der Waals surface area contributed by atoms with Crippen molar-refractivity contribution in [1.82, 2.24) is 0 Å². The Hall–Kier alpha value is -3.22. The average molecular weight is 353 g/mol. The third kappa shape index (κ3) is 3.42. The molecule has 0 bridgehead atoms. The molecule has 0 unspecified atom stereocenters. The van der Waals surface area contributed by atoms with E-state index in [0.29, 0.717) is 5.69 Å². The minimum Gasteiger partial charge on any atom is -0.545 e. The van der Waals surface area contributed by atoms with E-state index >= 15 is 0 Å². The molecule has 1 fully saturated rings. The molecule has 1 aliphatic heterocycles. The Kier molecular flexibility index (Phi) is 4.97. The molecule has 1 heterocycles. The molecule has 26 heavy (non-hydrogen) atoms. The summed E-state index contributed by atoms with van der Waals surface area (Å²) in [6.45, 7) is 1.48. The molecule has 7 nitrogen and oxygen atoms in total. The number of aromatic carboxylic acids is 1. The summed E-state index contributed by atoms with van der Waals surface area (Å²) in [4.78, 5) is 36.9. The molecule has 1 aliphatic rings. The van der Waals surface area contributed by atoms with Crippen molar-refractivity contribution >= 4 is 23.1 Å². The van der Waals surface area contributed by atoms with Crippen LogP contribution in [0.5, 0.6) is 0 Å². The molecule has 134 valence electrons. The minimum atomic E-state index is -1.46. The van der Waals surface area contributed by atoms with Gasteiger partial charge in [-0.3, -0.25) is 14.9 Å². The van der Waals surface area contributed by atoms with Gasteiger partial charge in [-0.15, -0.1) is 0 Å². The highest BCUT2D eigenvalue weighted by atomic mass is 16.6. The maximum atomic E-state index is 12.7. The first kappa shape index (κ1) is 17.6. The number of piperidine rings is 1. The monoisotopic (exact) mass is 353 g/mol. The van der Waals surface area contributed by atoms with Gasteiger partial charge in [-0.05, 0) is 31.4 Å². The number of benzene rings is 2. The first-order valence-corrected chi connectivity index (χ1v) is 8.37. The minimum absolute atomic E-state index is 0.0486. The van der Waals surface area contributed by atoms with Crippen LogP contribution in [0.2, 0.25) is 0 Å². The molecule has 0 amide bonds. The van der Waals surface area contributed by atoms with Crippen molar-refractivity contribution in [2.24, 2.45) is 0 Å². The van der Waals surface area contributed by atoms with Crippen molar-refractivity contribution in [3.63, 3.8) is 0 Å². The maximum Gasteiger partial charge on any atom is 0.293 e. The van der Waals surface area contributed by atoms with Crippen LogP contribution in [0, 0.1) is 10.1 Å². The fraction of sp³-hybridized carbons (Fsp3) is 0.263. The Morgan fingerprint density at radius 3 is 2.23 bits per heavy atom. The third-order valence-electron chi connectivity index (χ3n) is 4.52. The highest BCUT2D eigenvalue weighted by molar-refractivity contribution is 6.14. The molecule has 0 spiro atoms. The first-order valence-electron chi connectivity index (χ1n) is 8.37. The lowest BCUT2D eigenvalue weighted by Crippen LogP contribution is -2.30. The van der Waals surface area contributed by atoms with Crippen LogP contribution in [-0.2, 0) is 0 Å². The zero-order valence-electron chi connectivity index (χ0n) is 14.0. The fourth-order valence-corrected chi connectivity index (χ4v) is 3.23. The van der Waals surface area contributed by atoms with Crippen molar-refractivity contribution in [2.45, 2.75) is 19.3 Å². The Morgan fingerprint density at radius 2 is 1.62 bits per heavy atom. The zero-order valence-corrected chi connectivity index (χ0v) is 14.0. The average Bonchev–Trinajstić information content (AvgIpc) is 2.67. The summed E-state index contributed by atoms with van der Waals surface area (Å²) in [7, 11) is 0. The van der Waals surface area contributed by atoms with E-state index in [1.807, 2.05) is 4.90 Å². The van der Waals surface area contributed by atoms with Gasteiger partial charge in [0.25, 0.3) is 5.69 Å². The van der Waals surface area contributed by atoms with Gasteiger partial charge in [0.05, 0.1) is 10.9 Å². The first-order chi connectivity index (χ1) is 12.5. The van der Waals surface area contributed by atoms with Gasteiger partial charge in [0.2, 0.25) is 0 Å². The van der Waals surface area contributed by atoms with Gasteiger partial charge < -0.3 is 14.8 Å². The number of carboxylic acid groups (broad SMARTS) is 1. The summed E-state index contributed by atoms with van der Waals surface area (Å²) in [6.07, 6.45) is 3.04. The molecule has 0 radical (unpaired) electrons. The topological polar surface area (TPSA) is 104 Å². The van der Waals surface area contributed by atoms with Crippen LogP contribution in [0.15, 0.2) is 42.5 Å². The van der Waals surface area contributed by atoms with Crippen LogP contribution in [0.4, 0.5) is 11.4 Å². The summed E-state index contributed by atoms with van der Waals surface area (Å²) in [6, 6.07) is 9.97. The molecule has 0 aromatic heterocycles. The van der Waals surface area contributed by atoms with Gasteiger partial charge in [-0.25, -0.2) is 0 Å². The van der Waals surface area contributed by atoms with Crippen LogP contribution in [0.3, 0.4) is 0 Å². The molecular weight excluding hydrogens is 336 g/mol. The van der Waals surface area contributed by atoms with Crippen LogP contribution >= 0.6 is 0 Å². The summed E-state index contributed by atoms with van der Waals surface area (Å²) in [5, 5.41) is 22.7. The molecule has 1 saturated heterocycles. The van der Waals surface area contributed by atoms with Gasteiger partial charge >= 0.3 is 0 Å². The summed E-state index contributed by atoms with van der Waals surface area (Å²) in [5.74, 6) is -2.05. The Labute approximate surface area is 150 Å². The van der Waals surface area contributed by atoms with Crippen molar-refractivity contribution in [3.8, 4) is 0 Å². The molecule has 7 heteroatoms. The fourth-order valence-electron chi connectivity index (χ4n) is 3.23. The maximum absolute atomic E-state index is 12.7.